The Morgan fingerprint density at radius 3 is 2.28 bits per heavy atom. The van der Waals surface area contributed by atoms with E-state index in [1.54, 1.807) is 0 Å². The predicted molar refractivity (Wildman–Crippen MR) is 149 cm³/mol. The molecule has 0 spiro atoms. The summed E-state index contributed by atoms with van der Waals surface area (Å²) in [4.78, 5) is 4.57. The molecule has 4 aromatic carbocycles. The lowest BCUT2D eigenvalue weighted by Crippen LogP contribution is -2.57. The molecule has 4 unspecified atom stereocenters. The number of hydrogen-bond donors (Lipinski definition) is 1. The molecule has 0 radical (unpaired) electrons. The Kier molecular flexibility index (Phi) is 5.83. The van der Waals surface area contributed by atoms with Gasteiger partial charge in [-0.25, -0.2) is 0 Å². The largest absolute Gasteiger partial charge is 0.341 e. The third-order valence-electron chi connectivity index (χ3n) is 8.47. The fourth-order valence-corrected chi connectivity index (χ4v) is 6.36. The third-order valence-corrected chi connectivity index (χ3v) is 8.47. The number of benzene rings is 4. The zero-order valence-electron chi connectivity index (χ0n) is 20.8. The van der Waals surface area contributed by atoms with Gasteiger partial charge in [-0.15, -0.1) is 6.58 Å². The number of piperidine rings is 1. The van der Waals surface area contributed by atoms with E-state index in [9.17, 15) is 5.11 Å². The van der Waals surface area contributed by atoms with Gasteiger partial charge in [0.2, 0.25) is 6.23 Å². The first kappa shape index (κ1) is 22.9. The number of nitrogens with zero attached hydrogens (tertiary/aromatic N) is 2. The summed E-state index contributed by atoms with van der Waals surface area (Å²) >= 11 is 0. The van der Waals surface area contributed by atoms with Crippen LogP contribution in [0.4, 0.5) is 0 Å². The van der Waals surface area contributed by atoms with Crippen molar-refractivity contribution >= 4 is 32.4 Å². The SMILES string of the molecule is C=CC1C[N+](Cc2c3ccccc3cc3ccccc23)(C(O)c2ccnc3ccccc23)CCC1C. The van der Waals surface area contributed by atoms with E-state index in [-0.39, 0.29) is 0 Å². The second-order valence-corrected chi connectivity index (χ2v) is 10.5. The van der Waals surface area contributed by atoms with Crippen LogP contribution in [0.3, 0.4) is 0 Å². The van der Waals surface area contributed by atoms with Crippen LogP contribution in [0.15, 0.2) is 104 Å². The minimum atomic E-state index is -0.661. The molecule has 3 nitrogen and oxygen atoms in total. The number of rotatable bonds is 5. The van der Waals surface area contributed by atoms with Crippen LogP contribution in [-0.2, 0) is 6.54 Å². The number of para-hydroxylation sites is 1. The van der Waals surface area contributed by atoms with E-state index in [2.05, 4.69) is 85.2 Å². The predicted octanol–water partition coefficient (Wildman–Crippen LogP) is 7.39. The molecule has 0 amide bonds. The number of aromatic nitrogens is 1. The van der Waals surface area contributed by atoms with Gasteiger partial charge in [-0.3, -0.25) is 9.47 Å². The number of likely N-dealkylation sites (tertiary alicyclic amines) is 1. The van der Waals surface area contributed by atoms with Crippen molar-refractivity contribution in [3.63, 3.8) is 0 Å². The van der Waals surface area contributed by atoms with Gasteiger partial charge in [-0.2, -0.15) is 0 Å². The van der Waals surface area contributed by atoms with Crippen LogP contribution in [0, 0.1) is 11.8 Å². The minimum absolute atomic E-state index is 0.350. The molecule has 180 valence electrons. The monoisotopic (exact) mass is 473 g/mol. The highest BCUT2D eigenvalue weighted by molar-refractivity contribution is 6.02. The lowest BCUT2D eigenvalue weighted by Gasteiger charge is -2.49. The number of hydrogen-bond acceptors (Lipinski definition) is 2. The van der Waals surface area contributed by atoms with Crippen molar-refractivity contribution in [2.45, 2.75) is 26.1 Å². The maximum Gasteiger partial charge on any atom is 0.218 e. The second kappa shape index (κ2) is 9.16. The summed E-state index contributed by atoms with van der Waals surface area (Å²) < 4.78 is 0.590. The van der Waals surface area contributed by atoms with Crippen LogP contribution in [-0.4, -0.2) is 27.7 Å². The standard InChI is InChI=1S/C33H33N2O/c1-3-24-21-35(19-17-23(24)2,33(36)30-16-18-34-32-15-9-8-14-29(30)32)22-31-27-12-6-4-10-25(27)20-26-11-5-7-13-28(26)31/h3-16,18,20,23-24,33,36H,1,17,19,21-22H2,2H3/q+1. The average Bonchev–Trinajstić information content (AvgIpc) is 2.93. The van der Waals surface area contributed by atoms with Crippen LogP contribution >= 0.6 is 0 Å². The van der Waals surface area contributed by atoms with E-state index in [1.165, 1.54) is 27.1 Å². The van der Waals surface area contributed by atoms with Gasteiger partial charge in [0.25, 0.3) is 0 Å². The topological polar surface area (TPSA) is 33.1 Å². The van der Waals surface area contributed by atoms with Crippen LogP contribution < -0.4 is 0 Å². The molecule has 4 atom stereocenters. The molecule has 1 saturated heterocycles. The summed E-state index contributed by atoms with van der Waals surface area (Å²) in [6.45, 7) is 9.05. The lowest BCUT2D eigenvalue weighted by molar-refractivity contribution is -0.996. The molecule has 2 heterocycles. The van der Waals surface area contributed by atoms with E-state index in [0.717, 1.165) is 42.5 Å². The van der Waals surface area contributed by atoms with E-state index in [1.807, 2.05) is 30.5 Å². The number of aliphatic hydroxyl groups excluding tert-OH is 1. The normalized spacial score (nSPS) is 23.2. The second-order valence-electron chi connectivity index (χ2n) is 10.5. The first-order valence-electron chi connectivity index (χ1n) is 13.0. The van der Waals surface area contributed by atoms with E-state index >= 15 is 0 Å². The molecular weight excluding hydrogens is 440 g/mol. The number of quaternary nitrogens is 1. The molecule has 5 aromatic rings. The highest BCUT2D eigenvalue weighted by Crippen LogP contribution is 2.42. The highest BCUT2D eigenvalue weighted by atomic mass is 16.3. The Morgan fingerprint density at radius 1 is 0.944 bits per heavy atom. The first-order chi connectivity index (χ1) is 17.6. The smallest absolute Gasteiger partial charge is 0.218 e. The van der Waals surface area contributed by atoms with Gasteiger partial charge in [-0.1, -0.05) is 79.7 Å². The Hall–Kier alpha value is -3.53. The lowest BCUT2D eigenvalue weighted by atomic mass is 9.83. The van der Waals surface area contributed by atoms with E-state index < -0.39 is 6.23 Å². The van der Waals surface area contributed by atoms with Crippen molar-refractivity contribution in [2.24, 2.45) is 11.8 Å². The van der Waals surface area contributed by atoms with Gasteiger partial charge in [0.05, 0.1) is 18.6 Å². The summed E-state index contributed by atoms with van der Waals surface area (Å²) in [7, 11) is 0. The average molecular weight is 474 g/mol. The van der Waals surface area contributed by atoms with Crippen LogP contribution in [0.5, 0.6) is 0 Å². The zero-order chi connectivity index (χ0) is 24.7. The molecule has 6 rings (SSSR count). The van der Waals surface area contributed by atoms with Gasteiger partial charge in [0.15, 0.2) is 0 Å². The van der Waals surface area contributed by atoms with Crippen LogP contribution in [0.2, 0.25) is 0 Å². The molecule has 1 aromatic heterocycles. The number of aliphatic hydroxyl groups is 1. The molecule has 0 saturated carbocycles. The van der Waals surface area contributed by atoms with Crippen LogP contribution in [0.1, 0.15) is 30.7 Å². The summed E-state index contributed by atoms with van der Waals surface area (Å²) in [5.41, 5.74) is 3.20. The Balaban J connectivity index is 1.57. The van der Waals surface area contributed by atoms with Crippen molar-refractivity contribution in [3.05, 3.63) is 115 Å². The van der Waals surface area contributed by atoms with Crippen molar-refractivity contribution in [3.8, 4) is 0 Å². The fourth-order valence-electron chi connectivity index (χ4n) is 6.36. The molecule has 0 aliphatic carbocycles. The molecule has 1 N–H and O–H groups in total. The Bertz CT molecular complexity index is 1520. The quantitative estimate of drug-likeness (QED) is 0.164. The van der Waals surface area contributed by atoms with Crippen molar-refractivity contribution in [2.75, 3.05) is 13.1 Å². The Labute approximate surface area is 212 Å². The molecular formula is C33H33N2O+. The molecule has 1 aliphatic rings. The van der Waals surface area contributed by atoms with E-state index in [0.29, 0.717) is 16.3 Å². The minimum Gasteiger partial charge on any atom is -0.341 e. The number of pyridine rings is 1. The van der Waals surface area contributed by atoms with Gasteiger partial charge in [-0.05, 0) is 45.7 Å². The zero-order valence-corrected chi connectivity index (χ0v) is 20.8. The number of fused-ring (bicyclic) bond motifs is 3. The van der Waals surface area contributed by atoms with Crippen molar-refractivity contribution in [1.29, 1.82) is 0 Å². The van der Waals surface area contributed by atoms with E-state index in [4.69, 9.17) is 0 Å². The third kappa shape index (κ3) is 3.80. The van der Waals surface area contributed by atoms with Gasteiger partial charge >= 0.3 is 0 Å². The van der Waals surface area contributed by atoms with Crippen LogP contribution in [0.25, 0.3) is 32.4 Å². The molecule has 1 fully saturated rings. The fraction of sp³-hybridized carbons (Fsp3) is 0.242. The molecule has 3 heteroatoms. The van der Waals surface area contributed by atoms with Crippen molar-refractivity contribution in [1.82, 2.24) is 4.98 Å². The summed E-state index contributed by atoms with van der Waals surface area (Å²) in [6, 6.07) is 29.8. The van der Waals surface area contributed by atoms with Gasteiger partial charge in [0.1, 0.15) is 6.54 Å². The molecule has 0 bridgehead atoms. The summed E-state index contributed by atoms with van der Waals surface area (Å²) in [5, 5.41) is 18.4. The Morgan fingerprint density at radius 2 is 1.58 bits per heavy atom. The van der Waals surface area contributed by atoms with Gasteiger partial charge < -0.3 is 5.11 Å². The maximum absolute atomic E-state index is 12.3. The van der Waals surface area contributed by atoms with Gasteiger partial charge in [0, 0.05) is 35.0 Å². The molecule has 1 aliphatic heterocycles. The molecule has 36 heavy (non-hydrogen) atoms. The highest BCUT2D eigenvalue weighted by Gasteiger charge is 2.44. The first-order valence-corrected chi connectivity index (χ1v) is 13.0. The summed E-state index contributed by atoms with van der Waals surface area (Å²) in [6.07, 6.45) is 4.34. The summed E-state index contributed by atoms with van der Waals surface area (Å²) in [5.74, 6) is 0.905. The van der Waals surface area contributed by atoms with Crippen molar-refractivity contribution < 1.29 is 9.59 Å². The maximum atomic E-state index is 12.3.